The van der Waals surface area contributed by atoms with E-state index in [0.717, 1.165) is 39.3 Å². The number of ether oxygens (including phenoxy) is 1. The highest BCUT2D eigenvalue weighted by molar-refractivity contribution is 7.13. The van der Waals surface area contributed by atoms with Crippen molar-refractivity contribution in [1.82, 2.24) is 15.0 Å². The number of methoxy groups -OCH3 is 1. The second-order valence-electron chi connectivity index (χ2n) is 5.98. The van der Waals surface area contributed by atoms with Gasteiger partial charge in [-0.2, -0.15) is 0 Å². The average molecular weight is 389 g/mol. The summed E-state index contributed by atoms with van der Waals surface area (Å²) in [6.45, 7) is 0.658. The van der Waals surface area contributed by atoms with Gasteiger partial charge in [0.15, 0.2) is 0 Å². The SMILES string of the molecule is COc1ccccc1NCc1ccc(Nc2cccc(-c3nccs3)n2)nc1. The number of anilines is 3. The fourth-order valence-corrected chi connectivity index (χ4v) is 3.30. The molecule has 0 saturated carbocycles. The summed E-state index contributed by atoms with van der Waals surface area (Å²) in [4.78, 5) is 13.4. The highest BCUT2D eigenvalue weighted by Crippen LogP contribution is 2.24. The molecule has 0 aliphatic rings. The van der Waals surface area contributed by atoms with Crippen LogP contribution >= 0.6 is 11.3 Å². The van der Waals surface area contributed by atoms with E-state index >= 15 is 0 Å². The summed E-state index contributed by atoms with van der Waals surface area (Å²) in [7, 11) is 1.67. The van der Waals surface area contributed by atoms with E-state index in [1.54, 1.807) is 24.6 Å². The van der Waals surface area contributed by atoms with Crippen LogP contribution in [0.25, 0.3) is 10.7 Å². The molecule has 3 heterocycles. The minimum absolute atomic E-state index is 0.658. The molecule has 7 heteroatoms. The van der Waals surface area contributed by atoms with Gasteiger partial charge >= 0.3 is 0 Å². The molecule has 0 amide bonds. The number of nitrogens with one attached hydrogen (secondary N) is 2. The first-order valence-corrected chi connectivity index (χ1v) is 9.65. The Hall–Kier alpha value is -3.45. The number of nitrogens with zero attached hydrogens (tertiary/aromatic N) is 3. The van der Waals surface area contributed by atoms with E-state index < -0.39 is 0 Å². The Morgan fingerprint density at radius 3 is 2.68 bits per heavy atom. The van der Waals surface area contributed by atoms with Crippen molar-refractivity contribution in [3.05, 3.63) is 77.9 Å². The summed E-state index contributed by atoms with van der Waals surface area (Å²) in [6.07, 6.45) is 3.62. The average Bonchev–Trinajstić information content (AvgIpc) is 3.29. The largest absolute Gasteiger partial charge is 0.495 e. The minimum Gasteiger partial charge on any atom is -0.495 e. The van der Waals surface area contributed by atoms with Crippen molar-refractivity contribution in [2.75, 3.05) is 17.7 Å². The lowest BCUT2D eigenvalue weighted by Gasteiger charge is -2.11. The van der Waals surface area contributed by atoms with Crippen molar-refractivity contribution >= 4 is 28.7 Å². The van der Waals surface area contributed by atoms with E-state index in [2.05, 4.69) is 25.6 Å². The summed E-state index contributed by atoms with van der Waals surface area (Å²) in [5, 5.41) is 9.45. The number of aromatic nitrogens is 3. The first-order chi connectivity index (χ1) is 13.8. The topological polar surface area (TPSA) is 72.0 Å². The van der Waals surface area contributed by atoms with E-state index in [1.165, 1.54) is 0 Å². The summed E-state index contributed by atoms with van der Waals surface area (Å²) in [6, 6.07) is 17.6. The van der Waals surface area contributed by atoms with Crippen LogP contribution in [-0.2, 0) is 6.54 Å². The molecule has 0 aliphatic heterocycles. The maximum atomic E-state index is 5.36. The molecule has 28 heavy (non-hydrogen) atoms. The predicted molar refractivity (Wildman–Crippen MR) is 113 cm³/mol. The third kappa shape index (κ3) is 4.27. The molecule has 6 nitrogen and oxygen atoms in total. The Labute approximate surface area is 167 Å². The molecule has 2 N–H and O–H groups in total. The number of pyridine rings is 2. The highest BCUT2D eigenvalue weighted by atomic mass is 32.1. The van der Waals surface area contributed by atoms with Gasteiger partial charge in [-0.3, -0.25) is 0 Å². The Balaban J connectivity index is 1.40. The van der Waals surface area contributed by atoms with Crippen LogP contribution in [0.15, 0.2) is 72.4 Å². The second kappa shape index (κ2) is 8.49. The molecule has 0 aliphatic carbocycles. The van der Waals surface area contributed by atoms with Crippen LogP contribution in [0.5, 0.6) is 5.75 Å². The first kappa shape index (κ1) is 17.9. The first-order valence-electron chi connectivity index (χ1n) is 8.77. The minimum atomic E-state index is 0.658. The van der Waals surface area contributed by atoms with Gasteiger partial charge in [-0.25, -0.2) is 15.0 Å². The van der Waals surface area contributed by atoms with Crippen LogP contribution in [0.1, 0.15) is 5.56 Å². The quantitative estimate of drug-likeness (QED) is 0.465. The zero-order valence-corrected chi connectivity index (χ0v) is 16.1. The van der Waals surface area contributed by atoms with Gasteiger partial charge < -0.3 is 15.4 Å². The van der Waals surface area contributed by atoms with E-state index in [-0.39, 0.29) is 0 Å². The van der Waals surface area contributed by atoms with Crippen LogP contribution in [0.3, 0.4) is 0 Å². The lowest BCUT2D eigenvalue weighted by molar-refractivity contribution is 0.416. The standard InChI is InChI=1S/C21H19N5OS/c1-27-18-7-3-2-5-16(18)23-13-15-9-10-19(24-14-15)26-20-8-4-6-17(25-20)21-22-11-12-28-21/h2-12,14,23H,13H2,1H3,(H,24,25,26). The number of rotatable bonds is 7. The maximum Gasteiger partial charge on any atom is 0.141 e. The third-order valence-electron chi connectivity index (χ3n) is 4.07. The summed E-state index contributed by atoms with van der Waals surface area (Å²) in [5.41, 5.74) is 2.87. The number of hydrogen-bond acceptors (Lipinski definition) is 7. The fraction of sp³-hybridized carbons (Fsp3) is 0.0952. The molecule has 0 atom stereocenters. The number of benzene rings is 1. The van der Waals surface area contributed by atoms with E-state index in [4.69, 9.17) is 4.74 Å². The monoisotopic (exact) mass is 389 g/mol. The van der Waals surface area contributed by atoms with E-state index in [1.807, 2.05) is 66.2 Å². The molecule has 0 bridgehead atoms. The number of hydrogen-bond donors (Lipinski definition) is 2. The van der Waals surface area contributed by atoms with Crippen LogP contribution in [0.4, 0.5) is 17.3 Å². The smallest absolute Gasteiger partial charge is 0.141 e. The van der Waals surface area contributed by atoms with Gasteiger partial charge in [0, 0.05) is 24.3 Å². The van der Waals surface area contributed by atoms with Crippen LogP contribution in [0.2, 0.25) is 0 Å². The highest BCUT2D eigenvalue weighted by Gasteiger charge is 2.05. The van der Waals surface area contributed by atoms with Gasteiger partial charge in [-0.05, 0) is 35.9 Å². The molecular formula is C21H19N5OS. The molecular weight excluding hydrogens is 370 g/mol. The Bertz CT molecular complexity index is 1030. The molecule has 0 radical (unpaired) electrons. The molecule has 4 rings (SSSR count). The lowest BCUT2D eigenvalue weighted by atomic mass is 10.2. The number of para-hydroxylation sites is 2. The Kier molecular flexibility index (Phi) is 5.44. The van der Waals surface area contributed by atoms with E-state index in [0.29, 0.717) is 6.54 Å². The molecule has 0 fully saturated rings. The summed E-state index contributed by atoms with van der Waals surface area (Å²) >= 11 is 1.57. The van der Waals surface area contributed by atoms with Crippen molar-refractivity contribution in [3.8, 4) is 16.5 Å². The van der Waals surface area contributed by atoms with Crippen molar-refractivity contribution in [2.45, 2.75) is 6.54 Å². The molecule has 140 valence electrons. The van der Waals surface area contributed by atoms with Gasteiger partial charge in [0.25, 0.3) is 0 Å². The molecule has 0 spiro atoms. The van der Waals surface area contributed by atoms with Crippen LogP contribution in [-0.4, -0.2) is 22.1 Å². The summed E-state index contributed by atoms with van der Waals surface area (Å²) < 4.78 is 5.36. The third-order valence-corrected chi connectivity index (χ3v) is 4.87. The second-order valence-corrected chi connectivity index (χ2v) is 6.87. The summed E-state index contributed by atoms with van der Waals surface area (Å²) in [5.74, 6) is 2.30. The molecule has 0 saturated heterocycles. The van der Waals surface area contributed by atoms with Crippen molar-refractivity contribution in [1.29, 1.82) is 0 Å². The van der Waals surface area contributed by atoms with Crippen LogP contribution in [0, 0.1) is 0 Å². The molecule has 1 aromatic carbocycles. The van der Waals surface area contributed by atoms with Crippen molar-refractivity contribution in [2.24, 2.45) is 0 Å². The molecule has 3 aromatic heterocycles. The number of thiazole rings is 1. The van der Waals surface area contributed by atoms with Gasteiger partial charge in [-0.1, -0.05) is 24.3 Å². The lowest BCUT2D eigenvalue weighted by Crippen LogP contribution is -2.02. The zero-order valence-electron chi connectivity index (χ0n) is 15.3. The predicted octanol–water partition coefficient (Wildman–Crippen LogP) is 4.96. The molecule has 0 unspecified atom stereocenters. The van der Waals surface area contributed by atoms with Gasteiger partial charge in [-0.15, -0.1) is 11.3 Å². The van der Waals surface area contributed by atoms with Crippen molar-refractivity contribution in [3.63, 3.8) is 0 Å². The van der Waals surface area contributed by atoms with Gasteiger partial charge in [0.05, 0.1) is 12.8 Å². The fourth-order valence-electron chi connectivity index (χ4n) is 2.70. The van der Waals surface area contributed by atoms with Crippen molar-refractivity contribution < 1.29 is 4.74 Å². The normalized spacial score (nSPS) is 10.5. The Morgan fingerprint density at radius 2 is 1.89 bits per heavy atom. The van der Waals surface area contributed by atoms with Crippen LogP contribution < -0.4 is 15.4 Å². The van der Waals surface area contributed by atoms with Gasteiger partial charge in [0.1, 0.15) is 28.1 Å². The molecule has 4 aromatic rings. The maximum absolute atomic E-state index is 5.36. The van der Waals surface area contributed by atoms with Gasteiger partial charge in [0.2, 0.25) is 0 Å². The van der Waals surface area contributed by atoms with E-state index in [9.17, 15) is 0 Å². The zero-order chi connectivity index (χ0) is 19.2. The Morgan fingerprint density at radius 1 is 0.964 bits per heavy atom.